The second-order valence-corrected chi connectivity index (χ2v) is 8.02. The summed E-state index contributed by atoms with van der Waals surface area (Å²) in [4.78, 5) is 0.413. The van der Waals surface area contributed by atoms with Gasteiger partial charge in [-0.3, -0.25) is 0 Å². The highest BCUT2D eigenvalue weighted by atomic mass is 35.5. The quantitative estimate of drug-likeness (QED) is 0.785. The lowest BCUT2D eigenvalue weighted by Crippen LogP contribution is -2.32. The van der Waals surface area contributed by atoms with Gasteiger partial charge in [-0.05, 0) is 49.3 Å². The van der Waals surface area contributed by atoms with Gasteiger partial charge in [0.05, 0.1) is 4.90 Å². The Labute approximate surface area is 133 Å². The maximum absolute atomic E-state index is 12.9. The third kappa shape index (κ3) is 3.79. The summed E-state index contributed by atoms with van der Waals surface area (Å²) in [5.74, 6) is 0.987. The van der Waals surface area contributed by atoms with Crippen molar-refractivity contribution in [1.82, 2.24) is 4.31 Å². The van der Waals surface area contributed by atoms with Crippen molar-refractivity contribution in [3.63, 3.8) is 0 Å². The summed E-state index contributed by atoms with van der Waals surface area (Å²) in [7, 11) is -3.41. The molecule has 0 radical (unpaired) electrons. The van der Waals surface area contributed by atoms with E-state index in [4.69, 9.17) is 11.6 Å². The highest BCUT2D eigenvalue weighted by molar-refractivity contribution is 7.89. The van der Waals surface area contributed by atoms with E-state index in [1.165, 1.54) is 0 Å². The second-order valence-electron chi connectivity index (χ2n) is 5.84. The Balaban J connectivity index is 2.29. The van der Waals surface area contributed by atoms with Gasteiger partial charge in [0, 0.05) is 19.0 Å². The van der Waals surface area contributed by atoms with E-state index in [1.807, 2.05) is 19.1 Å². The van der Waals surface area contributed by atoms with Crippen LogP contribution in [-0.2, 0) is 15.9 Å². The van der Waals surface area contributed by atoms with E-state index in [2.05, 4.69) is 6.92 Å². The van der Waals surface area contributed by atoms with Crippen LogP contribution in [0.1, 0.15) is 43.7 Å². The first-order chi connectivity index (χ1) is 9.98. The number of nitrogens with zero attached hydrogens (tertiary/aromatic N) is 1. The van der Waals surface area contributed by atoms with Crippen molar-refractivity contribution in [2.45, 2.75) is 50.3 Å². The molecule has 0 amide bonds. The van der Waals surface area contributed by atoms with Gasteiger partial charge in [0.25, 0.3) is 0 Å². The molecule has 1 aliphatic heterocycles. The smallest absolute Gasteiger partial charge is 0.207 e. The van der Waals surface area contributed by atoms with Crippen LogP contribution in [0.15, 0.2) is 23.1 Å². The monoisotopic (exact) mass is 329 g/mol. The number of sulfonamides is 1. The molecular weight excluding hydrogens is 306 g/mol. The van der Waals surface area contributed by atoms with Crippen LogP contribution < -0.4 is 0 Å². The Kier molecular flexibility index (Phi) is 5.69. The summed E-state index contributed by atoms with van der Waals surface area (Å²) < 4.78 is 27.5. The van der Waals surface area contributed by atoms with Crippen molar-refractivity contribution in [1.29, 1.82) is 0 Å². The van der Waals surface area contributed by atoms with Gasteiger partial charge in [0.2, 0.25) is 10.0 Å². The molecule has 2 rings (SSSR count). The number of benzene rings is 1. The van der Waals surface area contributed by atoms with Crippen molar-refractivity contribution < 1.29 is 8.42 Å². The summed E-state index contributed by atoms with van der Waals surface area (Å²) >= 11 is 5.84. The number of halogens is 1. The molecule has 0 N–H and O–H groups in total. The van der Waals surface area contributed by atoms with Gasteiger partial charge < -0.3 is 0 Å². The Morgan fingerprint density at radius 2 is 2.05 bits per heavy atom. The van der Waals surface area contributed by atoms with Crippen LogP contribution in [0.4, 0.5) is 0 Å². The molecule has 1 aromatic carbocycles. The lowest BCUT2D eigenvalue weighted by Gasteiger charge is -2.21. The standard InChI is InChI=1S/C16H24ClNO2S/c1-3-14-5-4-9-18(10-8-14)21(19,20)16-11-15(12-17)7-6-13(16)2/h6-7,11,14H,3-5,8-10,12H2,1-2H3. The lowest BCUT2D eigenvalue weighted by atomic mass is 9.98. The van der Waals surface area contributed by atoms with Gasteiger partial charge in [-0.25, -0.2) is 8.42 Å². The molecule has 1 atom stereocenters. The maximum atomic E-state index is 12.9. The molecule has 0 spiro atoms. The van der Waals surface area contributed by atoms with Gasteiger partial charge in [-0.2, -0.15) is 4.31 Å². The van der Waals surface area contributed by atoms with E-state index in [0.717, 1.165) is 36.8 Å². The van der Waals surface area contributed by atoms with Crippen molar-refractivity contribution in [2.24, 2.45) is 5.92 Å². The average molecular weight is 330 g/mol. The maximum Gasteiger partial charge on any atom is 0.243 e. The summed E-state index contributed by atoms with van der Waals surface area (Å²) in [6, 6.07) is 5.45. The molecule has 0 saturated carbocycles. The Morgan fingerprint density at radius 1 is 1.29 bits per heavy atom. The number of alkyl halides is 1. The molecule has 0 aliphatic carbocycles. The SMILES string of the molecule is CCC1CCCN(S(=O)(=O)c2cc(CCl)ccc2C)CC1. The average Bonchev–Trinajstić information content (AvgIpc) is 2.73. The highest BCUT2D eigenvalue weighted by Crippen LogP contribution is 2.27. The fourth-order valence-electron chi connectivity index (χ4n) is 2.93. The molecular formula is C16H24ClNO2S. The summed E-state index contributed by atoms with van der Waals surface area (Å²) in [6.07, 6.45) is 4.17. The first-order valence-electron chi connectivity index (χ1n) is 7.64. The van der Waals surface area contributed by atoms with Gasteiger partial charge >= 0.3 is 0 Å². The molecule has 21 heavy (non-hydrogen) atoms. The van der Waals surface area contributed by atoms with Crippen LogP contribution in [0.2, 0.25) is 0 Å². The number of aryl methyl sites for hydroxylation is 1. The Bertz CT molecular complexity index is 586. The van der Waals surface area contributed by atoms with Crippen LogP contribution in [0.5, 0.6) is 0 Å². The zero-order valence-corrected chi connectivity index (χ0v) is 14.4. The fourth-order valence-corrected chi connectivity index (χ4v) is 4.87. The van der Waals surface area contributed by atoms with Gasteiger partial charge in [-0.1, -0.05) is 25.5 Å². The Hall–Kier alpha value is -0.580. The third-order valence-electron chi connectivity index (χ3n) is 4.41. The molecule has 0 bridgehead atoms. The molecule has 1 heterocycles. The van der Waals surface area contributed by atoms with E-state index in [1.54, 1.807) is 10.4 Å². The summed E-state index contributed by atoms with van der Waals surface area (Å²) in [5, 5.41) is 0. The van der Waals surface area contributed by atoms with E-state index in [-0.39, 0.29) is 0 Å². The van der Waals surface area contributed by atoms with E-state index < -0.39 is 10.0 Å². The molecule has 1 aromatic rings. The summed E-state index contributed by atoms with van der Waals surface area (Å²) in [5.41, 5.74) is 1.64. The first kappa shape index (κ1) is 16.8. The number of hydrogen-bond acceptors (Lipinski definition) is 2. The molecule has 3 nitrogen and oxygen atoms in total. The lowest BCUT2D eigenvalue weighted by molar-refractivity contribution is 0.407. The highest BCUT2D eigenvalue weighted by Gasteiger charge is 2.28. The minimum Gasteiger partial charge on any atom is -0.207 e. The van der Waals surface area contributed by atoms with E-state index in [0.29, 0.717) is 29.8 Å². The molecule has 1 fully saturated rings. The van der Waals surface area contributed by atoms with Crippen molar-refractivity contribution in [3.05, 3.63) is 29.3 Å². The fraction of sp³-hybridized carbons (Fsp3) is 0.625. The van der Waals surface area contributed by atoms with Crippen molar-refractivity contribution >= 4 is 21.6 Å². The number of hydrogen-bond donors (Lipinski definition) is 0. The van der Waals surface area contributed by atoms with Gasteiger partial charge in [0.1, 0.15) is 0 Å². The van der Waals surface area contributed by atoms with E-state index >= 15 is 0 Å². The topological polar surface area (TPSA) is 37.4 Å². The minimum absolute atomic E-state index is 0.334. The normalized spacial score (nSPS) is 21.2. The predicted octanol–water partition coefficient (Wildman–Crippen LogP) is 3.93. The Morgan fingerprint density at radius 3 is 2.71 bits per heavy atom. The number of rotatable bonds is 4. The van der Waals surface area contributed by atoms with Crippen LogP contribution >= 0.6 is 11.6 Å². The molecule has 0 aromatic heterocycles. The van der Waals surface area contributed by atoms with Crippen molar-refractivity contribution in [2.75, 3.05) is 13.1 Å². The van der Waals surface area contributed by atoms with Crippen LogP contribution in [0, 0.1) is 12.8 Å². The molecule has 1 saturated heterocycles. The molecule has 5 heteroatoms. The molecule has 1 aliphatic rings. The van der Waals surface area contributed by atoms with Crippen molar-refractivity contribution in [3.8, 4) is 0 Å². The first-order valence-corrected chi connectivity index (χ1v) is 9.62. The summed E-state index contributed by atoms with van der Waals surface area (Å²) in [6.45, 7) is 5.29. The predicted molar refractivity (Wildman–Crippen MR) is 87.1 cm³/mol. The van der Waals surface area contributed by atoms with Gasteiger partial charge in [0.15, 0.2) is 0 Å². The largest absolute Gasteiger partial charge is 0.243 e. The minimum atomic E-state index is -3.41. The molecule has 118 valence electrons. The zero-order chi connectivity index (χ0) is 15.5. The third-order valence-corrected chi connectivity index (χ3v) is 6.76. The van der Waals surface area contributed by atoms with Crippen LogP contribution in [0.3, 0.4) is 0 Å². The van der Waals surface area contributed by atoms with Gasteiger partial charge in [-0.15, -0.1) is 11.6 Å². The van der Waals surface area contributed by atoms with E-state index in [9.17, 15) is 8.42 Å². The second kappa shape index (κ2) is 7.12. The van der Waals surface area contributed by atoms with Crippen LogP contribution in [-0.4, -0.2) is 25.8 Å². The zero-order valence-electron chi connectivity index (χ0n) is 12.8. The van der Waals surface area contributed by atoms with Crippen LogP contribution in [0.25, 0.3) is 0 Å². The molecule has 1 unspecified atom stereocenters.